The maximum Gasteiger partial charge on any atom is 0.328 e. The van der Waals surface area contributed by atoms with Crippen LogP contribution in [-0.2, 0) is 6.54 Å². The third-order valence-electron chi connectivity index (χ3n) is 3.08. The van der Waals surface area contributed by atoms with Gasteiger partial charge in [0.25, 0.3) is 0 Å². The summed E-state index contributed by atoms with van der Waals surface area (Å²) in [5.74, 6) is -0.981. The Balaban J connectivity index is 2.29. The maximum absolute atomic E-state index is 13.6. The van der Waals surface area contributed by atoms with Crippen LogP contribution in [0.3, 0.4) is 0 Å². The molecule has 0 aliphatic heterocycles. The van der Waals surface area contributed by atoms with Crippen molar-refractivity contribution >= 4 is 33.5 Å². The van der Waals surface area contributed by atoms with E-state index in [-0.39, 0.29) is 5.69 Å². The molecule has 0 unspecified atom stereocenters. The number of aryl methyl sites for hydroxylation is 1. The molecule has 5 nitrogen and oxygen atoms in total. The van der Waals surface area contributed by atoms with E-state index in [1.54, 1.807) is 0 Å². The Labute approximate surface area is 135 Å². The first-order valence-corrected chi connectivity index (χ1v) is 7.16. The molecule has 0 saturated heterocycles. The Kier molecular flexibility index (Phi) is 4.87. The molecule has 0 aliphatic rings. The van der Waals surface area contributed by atoms with Crippen LogP contribution in [0.25, 0.3) is 0 Å². The molecule has 0 atom stereocenters. The highest BCUT2D eigenvalue weighted by molar-refractivity contribution is 9.10. The lowest BCUT2D eigenvalue weighted by Gasteiger charge is -2.05. The number of hydrogen-bond donors (Lipinski definition) is 1. The van der Waals surface area contributed by atoms with Crippen LogP contribution in [0.1, 0.15) is 16.7 Å². The topological polar surface area (TPSA) is 81.5 Å². The van der Waals surface area contributed by atoms with E-state index in [1.165, 1.54) is 6.21 Å². The lowest BCUT2D eigenvalue weighted by Crippen LogP contribution is -2.04. The Morgan fingerprint density at radius 1 is 1.41 bits per heavy atom. The van der Waals surface area contributed by atoms with Crippen LogP contribution in [0.4, 0.5) is 15.8 Å². The second-order valence-corrected chi connectivity index (χ2v) is 5.58. The summed E-state index contributed by atoms with van der Waals surface area (Å²) in [6.07, 6.45) is 1.41. The van der Waals surface area contributed by atoms with Gasteiger partial charge in [0.05, 0.1) is 11.5 Å². The number of rotatable bonds is 4. The molecule has 0 aromatic heterocycles. The molecule has 0 bridgehead atoms. The number of nitro groups is 1. The number of nitrogens with two attached hydrogens (primary N) is 1. The van der Waals surface area contributed by atoms with Crippen molar-refractivity contribution in [2.45, 2.75) is 13.5 Å². The summed E-state index contributed by atoms with van der Waals surface area (Å²) in [7, 11) is 0. The number of benzene rings is 2. The van der Waals surface area contributed by atoms with Gasteiger partial charge >= 0.3 is 5.69 Å². The van der Waals surface area contributed by atoms with Crippen LogP contribution in [0, 0.1) is 22.9 Å². The van der Waals surface area contributed by atoms with Gasteiger partial charge in [-0.15, -0.1) is 0 Å². The van der Waals surface area contributed by atoms with Crippen LogP contribution in [0.15, 0.2) is 39.8 Å². The van der Waals surface area contributed by atoms with Gasteiger partial charge in [0.2, 0.25) is 5.82 Å². The van der Waals surface area contributed by atoms with Gasteiger partial charge in [-0.1, -0.05) is 29.8 Å². The molecular weight excluding hydrogens is 353 g/mol. The van der Waals surface area contributed by atoms with Crippen molar-refractivity contribution < 1.29 is 9.31 Å². The first-order valence-electron chi connectivity index (χ1n) is 6.37. The Morgan fingerprint density at radius 2 is 2.05 bits per heavy atom. The molecule has 7 heteroatoms. The van der Waals surface area contributed by atoms with Crippen LogP contribution in [-0.4, -0.2) is 11.1 Å². The smallest absolute Gasteiger partial charge is 0.328 e. The molecule has 2 N–H and O–H groups in total. The summed E-state index contributed by atoms with van der Waals surface area (Å²) in [4.78, 5) is 14.2. The van der Waals surface area contributed by atoms with Crippen molar-refractivity contribution in [2.75, 3.05) is 5.73 Å². The summed E-state index contributed by atoms with van der Waals surface area (Å²) in [6, 6.07) is 8.84. The summed E-state index contributed by atoms with van der Waals surface area (Å²) in [5, 5.41) is 10.9. The number of nitrogen functional groups attached to an aromatic ring is 1. The molecule has 114 valence electrons. The fourth-order valence-corrected chi connectivity index (χ4v) is 2.41. The first kappa shape index (κ1) is 16.1. The minimum absolute atomic E-state index is 0.246. The van der Waals surface area contributed by atoms with E-state index in [0.29, 0.717) is 16.6 Å². The van der Waals surface area contributed by atoms with E-state index in [0.717, 1.165) is 17.2 Å². The highest BCUT2D eigenvalue weighted by atomic mass is 79.9. The van der Waals surface area contributed by atoms with E-state index in [2.05, 4.69) is 20.9 Å². The largest absolute Gasteiger partial charge is 0.392 e. The van der Waals surface area contributed by atoms with E-state index in [4.69, 9.17) is 5.73 Å². The normalized spacial score (nSPS) is 11.0. The highest BCUT2D eigenvalue weighted by Gasteiger charge is 2.23. The van der Waals surface area contributed by atoms with Gasteiger partial charge in [-0.25, -0.2) is 0 Å². The quantitative estimate of drug-likeness (QED) is 0.384. The predicted octanol–water partition coefficient (Wildman–Crippen LogP) is 4.01. The van der Waals surface area contributed by atoms with E-state index >= 15 is 0 Å². The summed E-state index contributed by atoms with van der Waals surface area (Å²) in [5.41, 5.74) is 7.13. The van der Waals surface area contributed by atoms with Gasteiger partial charge in [0.1, 0.15) is 5.69 Å². The van der Waals surface area contributed by atoms with Crippen molar-refractivity contribution in [3.63, 3.8) is 0 Å². The lowest BCUT2D eigenvalue weighted by atomic mass is 10.1. The molecular formula is C15H13BrFN3O2. The third-order valence-corrected chi connectivity index (χ3v) is 3.74. The minimum atomic E-state index is -0.981. The molecule has 2 aromatic rings. The molecule has 2 aromatic carbocycles. The SMILES string of the molecule is Cc1ccc(CN=Cc2c(Br)cc(F)c([N+](=O)[O-])c2N)cc1. The van der Waals surface area contributed by atoms with Crippen molar-refractivity contribution in [1.29, 1.82) is 0 Å². The standard InChI is InChI=1S/C15H13BrFN3O2/c1-9-2-4-10(5-3-9)7-19-8-11-12(16)6-13(17)15(14(11)18)20(21)22/h2-6,8H,7,18H2,1H3. The molecule has 0 fully saturated rings. The Hall–Kier alpha value is -2.28. The number of aliphatic imine (C=N–C) groups is 1. The molecule has 0 heterocycles. The monoisotopic (exact) mass is 365 g/mol. The molecule has 22 heavy (non-hydrogen) atoms. The highest BCUT2D eigenvalue weighted by Crippen LogP contribution is 2.33. The third kappa shape index (κ3) is 3.48. The van der Waals surface area contributed by atoms with Gasteiger partial charge in [-0.2, -0.15) is 4.39 Å². The van der Waals surface area contributed by atoms with Crippen molar-refractivity contribution in [3.05, 3.63) is 67.4 Å². The fraction of sp³-hybridized carbons (Fsp3) is 0.133. The van der Waals surface area contributed by atoms with Crippen molar-refractivity contribution in [3.8, 4) is 0 Å². The Bertz CT molecular complexity index is 745. The zero-order chi connectivity index (χ0) is 16.3. The van der Waals surface area contributed by atoms with Crippen LogP contribution in [0.2, 0.25) is 0 Å². The van der Waals surface area contributed by atoms with Crippen molar-refractivity contribution in [1.82, 2.24) is 0 Å². The molecule has 0 saturated carbocycles. The second kappa shape index (κ2) is 6.65. The zero-order valence-corrected chi connectivity index (χ0v) is 13.3. The summed E-state index contributed by atoms with van der Waals surface area (Å²) in [6.45, 7) is 2.39. The Morgan fingerprint density at radius 3 is 2.64 bits per heavy atom. The molecule has 0 amide bonds. The average molecular weight is 366 g/mol. The van der Waals surface area contributed by atoms with E-state index in [9.17, 15) is 14.5 Å². The van der Waals surface area contributed by atoms with Gasteiger partial charge in [-0.05, 0) is 34.5 Å². The van der Waals surface area contributed by atoms with Crippen LogP contribution in [0.5, 0.6) is 0 Å². The summed E-state index contributed by atoms with van der Waals surface area (Å²) >= 11 is 3.14. The first-order chi connectivity index (χ1) is 10.4. The predicted molar refractivity (Wildman–Crippen MR) is 87.6 cm³/mol. The van der Waals surface area contributed by atoms with Crippen molar-refractivity contribution in [2.24, 2.45) is 4.99 Å². The lowest BCUT2D eigenvalue weighted by molar-refractivity contribution is -0.386. The minimum Gasteiger partial charge on any atom is -0.392 e. The number of anilines is 1. The van der Waals surface area contributed by atoms with Gasteiger partial charge < -0.3 is 5.73 Å². The summed E-state index contributed by atoms with van der Waals surface area (Å²) < 4.78 is 13.9. The van der Waals surface area contributed by atoms with Gasteiger partial charge in [0.15, 0.2) is 0 Å². The fourth-order valence-electron chi connectivity index (χ4n) is 1.89. The molecule has 0 spiro atoms. The van der Waals surface area contributed by atoms with E-state index < -0.39 is 16.4 Å². The molecule has 0 radical (unpaired) electrons. The number of halogens is 2. The van der Waals surface area contributed by atoms with Crippen LogP contribution >= 0.6 is 15.9 Å². The van der Waals surface area contributed by atoms with Gasteiger partial charge in [-0.3, -0.25) is 15.1 Å². The number of hydrogen-bond acceptors (Lipinski definition) is 4. The molecule has 2 rings (SSSR count). The van der Waals surface area contributed by atoms with Gasteiger partial charge in [0, 0.05) is 16.3 Å². The molecule has 0 aliphatic carbocycles. The van der Waals surface area contributed by atoms with E-state index in [1.807, 2.05) is 31.2 Å². The number of nitro benzene ring substituents is 1. The van der Waals surface area contributed by atoms with Crippen LogP contribution < -0.4 is 5.73 Å². The average Bonchev–Trinajstić information content (AvgIpc) is 2.43. The maximum atomic E-state index is 13.6. The second-order valence-electron chi connectivity index (χ2n) is 4.73. The number of nitrogens with zero attached hydrogens (tertiary/aromatic N) is 2. The zero-order valence-electron chi connectivity index (χ0n) is 11.7.